The molecule has 0 saturated carbocycles. The van der Waals surface area contributed by atoms with E-state index in [1.807, 2.05) is 0 Å². The van der Waals surface area contributed by atoms with E-state index in [0.717, 1.165) is 14.7 Å². The van der Waals surface area contributed by atoms with Crippen LogP contribution in [0.5, 0.6) is 0 Å². The fourth-order valence-corrected chi connectivity index (χ4v) is 2.19. The molecule has 0 aliphatic carbocycles. The lowest BCUT2D eigenvalue weighted by Crippen LogP contribution is -1.81. The number of benzene rings is 1. The summed E-state index contributed by atoms with van der Waals surface area (Å²) >= 11 is 0. The molecule has 0 amide bonds. The third-order valence-electron chi connectivity index (χ3n) is 1.74. The molecular formula is C9H14P2. The van der Waals surface area contributed by atoms with E-state index < -0.39 is 0 Å². The molecule has 0 N–H and O–H groups in total. The average Bonchev–Trinajstić information content (AvgIpc) is 2.07. The highest BCUT2D eigenvalue weighted by Crippen LogP contribution is 2.25. The lowest BCUT2D eigenvalue weighted by molar-refractivity contribution is 1.13. The molecule has 2 unspecified atom stereocenters. The normalized spacial score (nSPS) is 11.1. The van der Waals surface area contributed by atoms with Crippen LogP contribution in [0.1, 0.15) is 18.1 Å². The third-order valence-corrected chi connectivity index (χ3v) is 2.96. The van der Waals surface area contributed by atoms with Crippen molar-refractivity contribution in [2.45, 2.75) is 19.5 Å². The molecule has 0 bridgehead atoms. The predicted octanol–water partition coefficient (Wildman–Crippen LogP) is 3.22. The SMILES string of the molecule is CCc1ccc(CPP)cc1. The van der Waals surface area contributed by atoms with Crippen LogP contribution in [0.15, 0.2) is 24.3 Å². The van der Waals surface area contributed by atoms with Crippen molar-refractivity contribution in [2.75, 3.05) is 0 Å². The Kier molecular flexibility index (Phi) is 4.05. The Morgan fingerprint density at radius 1 is 1.18 bits per heavy atom. The first-order valence-electron chi connectivity index (χ1n) is 3.88. The van der Waals surface area contributed by atoms with Crippen molar-refractivity contribution in [1.29, 1.82) is 0 Å². The first kappa shape index (κ1) is 9.17. The van der Waals surface area contributed by atoms with E-state index in [2.05, 4.69) is 40.1 Å². The van der Waals surface area contributed by atoms with E-state index in [-0.39, 0.29) is 0 Å². The van der Waals surface area contributed by atoms with Crippen LogP contribution in [-0.4, -0.2) is 0 Å². The standard InChI is InChI=1S/C9H14P2/c1-2-8-3-5-9(6-4-8)7-11-10/h3-6,11H,2,7,10H2,1H3. The fraction of sp³-hybridized carbons (Fsp3) is 0.333. The first-order chi connectivity index (χ1) is 5.36. The highest BCUT2D eigenvalue weighted by atomic mass is 32.0. The summed E-state index contributed by atoms with van der Waals surface area (Å²) in [6, 6.07) is 8.91. The van der Waals surface area contributed by atoms with E-state index in [4.69, 9.17) is 0 Å². The van der Waals surface area contributed by atoms with Crippen LogP contribution in [0.25, 0.3) is 0 Å². The van der Waals surface area contributed by atoms with Gasteiger partial charge < -0.3 is 0 Å². The van der Waals surface area contributed by atoms with Gasteiger partial charge in [-0.1, -0.05) is 39.5 Å². The van der Waals surface area contributed by atoms with Crippen LogP contribution < -0.4 is 0 Å². The molecule has 1 aromatic carbocycles. The summed E-state index contributed by atoms with van der Waals surface area (Å²) in [7, 11) is 3.73. The van der Waals surface area contributed by atoms with Crippen molar-refractivity contribution in [3.05, 3.63) is 35.4 Å². The summed E-state index contributed by atoms with van der Waals surface area (Å²) in [6.45, 7) is 2.19. The zero-order valence-electron chi connectivity index (χ0n) is 6.80. The van der Waals surface area contributed by atoms with E-state index in [1.165, 1.54) is 17.3 Å². The van der Waals surface area contributed by atoms with Crippen LogP contribution in [0.4, 0.5) is 0 Å². The minimum atomic E-state index is 0.949. The number of hydrogen-bond donors (Lipinski definition) is 0. The second kappa shape index (κ2) is 4.86. The molecule has 2 heteroatoms. The van der Waals surface area contributed by atoms with Gasteiger partial charge in [0.15, 0.2) is 0 Å². The van der Waals surface area contributed by atoms with Gasteiger partial charge in [0.2, 0.25) is 0 Å². The molecule has 0 aliphatic heterocycles. The summed E-state index contributed by atoms with van der Waals surface area (Å²) in [6.07, 6.45) is 2.35. The van der Waals surface area contributed by atoms with Gasteiger partial charge in [-0.15, -0.1) is 8.93 Å². The lowest BCUT2D eigenvalue weighted by atomic mass is 10.1. The van der Waals surface area contributed by atoms with Gasteiger partial charge in [-0.25, -0.2) is 0 Å². The summed E-state index contributed by atoms with van der Waals surface area (Å²) in [5, 5.41) is 0. The van der Waals surface area contributed by atoms with Crippen molar-refractivity contribution in [2.24, 2.45) is 0 Å². The number of aryl methyl sites for hydroxylation is 1. The maximum absolute atomic E-state index is 2.78. The van der Waals surface area contributed by atoms with Gasteiger partial charge in [-0.3, -0.25) is 0 Å². The van der Waals surface area contributed by atoms with Crippen molar-refractivity contribution in [3.8, 4) is 0 Å². The molecule has 0 saturated heterocycles. The van der Waals surface area contributed by atoms with E-state index in [0.29, 0.717) is 0 Å². The molecule has 1 rings (SSSR count). The van der Waals surface area contributed by atoms with Crippen LogP contribution in [0.2, 0.25) is 0 Å². The molecule has 0 fully saturated rings. The van der Waals surface area contributed by atoms with Crippen LogP contribution in [0, 0.1) is 0 Å². The quantitative estimate of drug-likeness (QED) is 0.632. The van der Waals surface area contributed by atoms with Gasteiger partial charge in [0.25, 0.3) is 0 Å². The molecule has 0 radical (unpaired) electrons. The maximum atomic E-state index is 2.78. The lowest BCUT2D eigenvalue weighted by Gasteiger charge is -1.99. The zero-order chi connectivity index (χ0) is 8.10. The van der Waals surface area contributed by atoms with Crippen molar-refractivity contribution >= 4 is 17.2 Å². The third kappa shape index (κ3) is 2.89. The minimum Gasteiger partial charge on any atom is -0.114 e. The second-order valence-electron chi connectivity index (χ2n) is 2.55. The molecule has 11 heavy (non-hydrogen) atoms. The van der Waals surface area contributed by atoms with Gasteiger partial charge in [0, 0.05) is 0 Å². The van der Waals surface area contributed by atoms with Crippen LogP contribution in [0.3, 0.4) is 0 Å². The Hall–Kier alpha value is 0.0800. The Labute approximate surface area is 72.7 Å². The maximum Gasteiger partial charge on any atom is -0.00663 e. The Morgan fingerprint density at radius 3 is 2.18 bits per heavy atom. The molecule has 1 aromatic rings. The summed E-state index contributed by atoms with van der Waals surface area (Å²) in [5.41, 5.74) is 2.89. The molecule has 0 aromatic heterocycles. The molecule has 2 atom stereocenters. The Bertz CT molecular complexity index is 203. The van der Waals surface area contributed by atoms with Crippen molar-refractivity contribution in [3.63, 3.8) is 0 Å². The molecule has 60 valence electrons. The predicted molar refractivity (Wildman–Crippen MR) is 57.5 cm³/mol. The molecule has 0 nitrogen and oxygen atoms in total. The minimum absolute atomic E-state index is 0.949. The topological polar surface area (TPSA) is 0 Å². The van der Waals surface area contributed by atoms with Gasteiger partial charge in [-0.05, 0) is 23.7 Å². The van der Waals surface area contributed by atoms with Crippen LogP contribution >= 0.6 is 17.2 Å². The summed E-state index contributed by atoms with van der Waals surface area (Å²) in [5.74, 6) is 0. The van der Waals surface area contributed by atoms with E-state index in [1.54, 1.807) is 0 Å². The van der Waals surface area contributed by atoms with Crippen molar-refractivity contribution < 1.29 is 0 Å². The van der Waals surface area contributed by atoms with Gasteiger partial charge >= 0.3 is 0 Å². The second-order valence-corrected chi connectivity index (χ2v) is 4.54. The van der Waals surface area contributed by atoms with Gasteiger partial charge in [0.05, 0.1) is 0 Å². The monoisotopic (exact) mass is 184 g/mol. The molecule has 0 heterocycles. The fourth-order valence-electron chi connectivity index (χ4n) is 1.01. The first-order valence-corrected chi connectivity index (χ1v) is 6.89. The zero-order valence-corrected chi connectivity index (χ0v) is 8.96. The van der Waals surface area contributed by atoms with E-state index in [9.17, 15) is 0 Å². The number of rotatable bonds is 3. The van der Waals surface area contributed by atoms with E-state index >= 15 is 0 Å². The molecular weight excluding hydrogens is 170 g/mol. The Morgan fingerprint density at radius 2 is 1.73 bits per heavy atom. The highest BCUT2D eigenvalue weighted by molar-refractivity contribution is 8.02. The van der Waals surface area contributed by atoms with Gasteiger partial charge in [-0.2, -0.15) is 0 Å². The molecule has 0 aliphatic rings. The summed E-state index contributed by atoms with van der Waals surface area (Å²) < 4.78 is 0. The highest BCUT2D eigenvalue weighted by Gasteiger charge is 1.90. The largest absolute Gasteiger partial charge is 0.114 e. The average molecular weight is 184 g/mol. The van der Waals surface area contributed by atoms with Crippen molar-refractivity contribution in [1.82, 2.24) is 0 Å². The summed E-state index contributed by atoms with van der Waals surface area (Å²) in [4.78, 5) is 0. The molecule has 0 spiro atoms. The Balaban J connectivity index is 2.66. The number of hydrogen-bond acceptors (Lipinski definition) is 0. The van der Waals surface area contributed by atoms with Gasteiger partial charge in [0.1, 0.15) is 0 Å². The smallest absolute Gasteiger partial charge is 0.00663 e. The van der Waals surface area contributed by atoms with Crippen LogP contribution in [-0.2, 0) is 12.6 Å².